The molecule has 0 N–H and O–H groups in total. The number of unbranched alkanes of at least 4 members (excludes halogenated alkanes) is 2. The second-order valence-electron chi connectivity index (χ2n) is 8.31. The van der Waals surface area contributed by atoms with Gasteiger partial charge in [0.05, 0.1) is 0 Å². The molecule has 2 aromatic carbocycles. The molecule has 0 bridgehead atoms. The Kier molecular flexibility index (Phi) is 7.95. The lowest BCUT2D eigenvalue weighted by Gasteiger charge is -2.27. The lowest BCUT2D eigenvalue weighted by Crippen LogP contribution is -2.20. The second kappa shape index (κ2) is 10.5. The fraction of sp³-hybridized carbons (Fsp3) is 0.520. The van der Waals surface area contributed by atoms with E-state index in [1.165, 1.54) is 12.5 Å². The first kappa shape index (κ1) is 23.6. The molecule has 3 rings (SSSR count). The summed E-state index contributed by atoms with van der Waals surface area (Å²) < 4.78 is 71.6. The van der Waals surface area contributed by atoms with E-state index in [9.17, 15) is 17.6 Å². The number of halogens is 5. The van der Waals surface area contributed by atoms with Crippen molar-refractivity contribution >= 4 is 0 Å². The predicted molar refractivity (Wildman–Crippen MR) is 112 cm³/mol. The third kappa shape index (κ3) is 5.98. The Balaban J connectivity index is 2.05. The predicted octanol–water partition coefficient (Wildman–Crippen LogP) is 8.35. The molecule has 0 amide bonds. The van der Waals surface area contributed by atoms with Gasteiger partial charge in [-0.05, 0) is 60.4 Å². The normalized spacial score (nSPS) is 15.3. The molecule has 1 aliphatic carbocycles. The van der Waals surface area contributed by atoms with Crippen LogP contribution in [0, 0.1) is 11.6 Å². The Morgan fingerprint density at radius 3 is 2.35 bits per heavy atom. The van der Waals surface area contributed by atoms with E-state index in [1.807, 2.05) is 6.07 Å². The van der Waals surface area contributed by atoms with Gasteiger partial charge in [0.25, 0.3) is 0 Å². The molecule has 0 radical (unpaired) electrons. The highest BCUT2D eigenvalue weighted by molar-refractivity contribution is 5.72. The van der Waals surface area contributed by atoms with Gasteiger partial charge >= 0.3 is 6.18 Å². The van der Waals surface area contributed by atoms with Gasteiger partial charge in [0.1, 0.15) is 0 Å². The molecule has 0 atom stereocenters. The van der Waals surface area contributed by atoms with E-state index in [2.05, 4.69) is 17.7 Å². The van der Waals surface area contributed by atoms with Crippen molar-refractivity contribution in [3.63, 3.8) is 0 Å². The molecule has 0 aromatic heterocycles. The van der Waals surface area contributed by atoms with Gasteiger partial charge in [-0.15, -0.1) is 0 Å². The molecule has 1 fully saturated rings. The highest BCUT2D eigenvalue weighted by Gasteiger charge is 2.31. The lowest BCUT2D eigenvalue weighted by atomic mass is 9.77. The van der Waals surface area contributed by atoms with Gasteiger partial charge in [-0.2, -0.15) is 13.2 Å². The maximum absolute atomic E-state index is 15.2. The van der Waals surface area contributed by atoms with E-state index < -0.39 is 30.2 Å². The summed E-state index contributed by atoms with van der Waals surface area (Å²) in [6.45, 7) is 0.395. The lowest BCUT2D eigenvalue weighted by molar-refractivity contribution is -0.154. The zero-order chi connectivity index (χ0) is 22.4. The number of benzene rings is 2. The quantitative estimate of drug-likeness (QED) is 0.296. The molecule has 1 aliphatic rings. The number of ether oxygens (including phenoxy) is 1. The van der Waals surface area contributed by atoms with Crippen molar-refractivity contribution in [2.75, 3.05) is 6.61 Å². The summed E-state index contributed by atoms with van der Waals surface area (Å²) >= 11 is 0. The Morgan fingerprint density at radius 2 is 1.68 bits per heavy atom. The smallest absolute Gasteiger partial charge is 0.422 e. The first-order valence-electron chi connectivity index (χ1n) is 11.1. The summed E-state index contributed by atoms with van der Waals surface area (Å²) in [4.78, 5) is 0. The van der Waals surface area contributed by atoms with Gasteiger partial charge in [0.2, 0.25) is 0 Å². The third-order valence-electron chi connectivity index (χ3n) is 5.98. The Morgan fingerprint density at radius 1 is 0.935 bits per heavy atom. The first-order chi connectivity index (χ1) is 14.8. The van der Waals surface area contributed by atoms with Crippen LogP contribution in [0.1, 0.15) is 75.3 Å². The van der Waals surface area contributed by atoms with Crippen LogP contribution in [0.2, 0.25) is 0 Å². The zero-order valence-electron chi connectivity index (χ0n) is 17.8. The number of rotatable bonds is 8. The molecule has 0 saturated heterocycles. The van der Waals surface area contributed by atoms with Crippen molar-refractivity contribution in [3.8, 4) is 16.9 Å². The van der Waals surface area contributed by atoms with Gasteiger partial charge in [0, 0.05) is 5.56 Å². The highest BCUT2D eigenvalue weighted by atomic mass is 19.4. The van der Waals surface area contributed by atoms with E-state index in [0.717, 1.165) is 68.6 Å². The summed E-state index contributed by atoms with van der Waals surface area (Å²) in [5.41, 5.74) is 2.94. The molecule has 0 unspecified atom stereocenters. The molecule has 0 spiro atoms. The van der Waals surface area contributed by atoms with Gasteiger partial charge in [0.15, 0.2) is 24.0 Å². The number of aryl methyl sites for hydroxylation is 1. The number of alkyl halides is 3. The largest absolute Gasteiger partial charge is 0.478 e. The molecule has 2 aromatic rings. The Hall–Kier alpha value is -2.11. The van der Waals surface area contributed by atoms with Crippen LogP contribution in [0.15, 0.2) is 30.3 Å². The maximum atomic E-state index is 15.2. The molecule has 0 heterocycles. The highest BCUT2D eigenvalue weighted by Crippen LogP contribution is 2.42. The molecule has 6 heteroatoms. The summed E-state index contributed by atoms with van der Waals surface area (Å²) in [5.74, 6) is -2.91. The standard InChI is InChI=1S/C25H29F5O/c1-2-3-5-9-18-12-8-13-19(22(18)17-10-6-4-7-11-17)20-14-15-21(26)24(23(20)27)31-16-25(28,29)30/h8,12-15,17H,2-7,9-11,16H2,1H3. The maximum Gasteiger partial charge on any atom is 0.422 e. The van der Waals surface area contributed by atoms with Crippen molar-refractivity contribution in [2.24, 2.45) is 0 Å². The fourth-order valence-electron chi connectivity index (χ4n) is 4.53. The molecule has 31 heavy (non-hydrogen) atoms. The minimum absolute atomic E-state index is 0.0940. The average Bonchev–Trinajstić information content (AvgIpc) is 2.73. The molecule has 170 valence electrons. The van der Waals surface area contributed by atoms with Crippen LogP contribution in [-0.4, -0.2) is 12.8 Å². The van der Waals surface area contributed by atoms with Crippen LogP contribution in [-0.2, 0) is 6.42 Å². The van der Waals surface area contributed by atoms with Crippen LogP contribution in [0.25, 0.3) is 11.1 Å². The summed E-state index contributed by atoms with van der Waals surface area (Å²) in [6.07, 6.45) is 4.75. The average molecular weight is 440 g/mol. The van der Waals surface area contributed by atoms with E-state index in [-0.39, 0.29) is 11.5 Å². The summed E-state index contributed by atoms with van der Waals surface area (Å²) in [7, 11) is 0. The molecular weight excluding hydrogens is 411 g/mol. The first-order valence-corrected chi connectivity index (χ1v) is 11.1. The molecule has 0 aliphatic heterocycles. The van der Waals surface area contributed by atoms with Crippen LogP contribution in [0.3, 0.4) is 0 Å². The van der Waals surface area contributed by atoms with Gasteiger partial charge in [-0.1, -0.05) is 57.2 Å². The van der Waals surface area contributed by atoms with Crippen LogP contribution in [0.4, 0.5) is 22.0 Å². The van der Waals surface area contributed by atoms with E-state index in [4.69, 9.17) is 0 Å². The molecule has 1 nitrogen and oxygen atoms in total. The number of hydrogen-bond donors (Lipinski definition) is 0. The van der Waals surface area contributed by atoms with Gasteiger partial charge in [-0.3, -0.25) is 0 Å². The van der Waals surface area contributed by atoms with E-state index in [0.29, 0.717) is 5.56 Å². The van der Waals surface area contributed by atoms with Crippen LogP contribution in [0.5, 0.6) is 5.75 Å². The molecular formula is C25H29F5O. The topological polar surface area (TPSA) is 9.23 Å². The Bertz CT molecular complexity index is 869. The number of hydrogen-bond acceptors (Lipinski definition) is 1. The van der Waals surface area contributed by atoms with E-state index in [1.54, 1.807) is 6.07 Å². The van der Waals surface area contributed by atoms with Crippen molar-refractivity contribution in [1.29, 1.82) is 0 Å². The fourth-order valence-corrected chi connectivity index (χ4v) is 4.53. The van der Waals surface area contributed by atoms with Crippen molar-refractivity contribution in [3.05, 3.63) is 53.1 Å². The monoisotopic (exact) mass is 440 g/mol. The summed E-state index contributed by atoms with van der Waals surface area (Å²) in [5, 5.41) is 0. The van der Waals surface area contributed by atoms with Crippen molar-refractivity contribution < 1.29 is 26.7 Å². The minimum Gasteiger partial charge on any atom is -0.478 e. The summed E-state index contributed by atoms with van der Waals surface area (Å²) in [6, 6.07) is 7.99. The minimum atomic E-state index is -4.68. The second-order valence-corrected chi connectivity index (χ2v) is 8.31. The van der Waals surface area contributed by atoms with Crippen molar-refractivity contribution in [1.82, 2.24) is 0 Å². The SMILES string of the molecule is CCCCCc1cccc(-c2ccc(F)c(OCC(F)(F)F)c2F)c1C1CCCCC1. The third-order valence-corrected chi connectivity index (χ3v) is 5.98. The van der Waals surface area contributed by atoms with Gasteiger partial charge < -0.3 is 4.74 Å². The Labute approximate surface area is 180 Å². The van der Waals surface area contributed by atoms with Crippen molar-refractivity contribution in [2.45, 2.75) is 76.8 Å². The van der Waals surface area contributed by atoms with Crippen LogP contribution >= 0.6 is 0 Å². The molecule has 1 saturated carbocycles. The zero-order valence-corrected chi connectivity index (χ0v) is 17.8. The van der Waals surface area contributed by atoms with Gasteiger partial charge in [-0.25, -0.2) is 8.78 Å². The van der Waals surface area contributed by atoms with Crippen LogP contribution < -0.4 is 4.74 Å². The van der Waals surface area contributed by atoms with E-state index >= 15 is 4.39 Å².